The first-order chi connectivity index (χ1) is 22.4. The normalized spacial score (nSPS) is 28.5. The van der Waals surface area contributed by atoms with E-state index in [0.717, 1.165) is 18.6 Å². The average molecular weight is 680 g/mol. The number of carbonyl (C=O) groups excluding carboxylic acids is 2. The van der Waals surface area contributed by atoms with Crippen LogP contribution in [-0.2, 0) is 37.1 Å². The van der Waals surface area contributed by atoms with Crippen molar-refractivity contribution in [3.8, 4) is 0 Å². The molecule has 258 valence electrons. The number of rotatable bonds is 10. The maximum atomic E-state index is 15.5. The number of ketones is 1. The van der Waals surface area contributed by atoms with Crippen LogP contribution in [0.2, 0.25) is 0 Å². The summed E-state index contributed by atoms with van der Waals surface area (Å²) in [6.45, 7) is 4.56. The third kappa shape index (κ3) is 8.36. The Balaban J connectivity index is 1.45. The third-order valence-electron chi connectivity index (χ3n) is 9.82. The second-order valence-corrected chi connectivity index (χ2v) is 15.2. The first kappa shape index (κ1) is 35.3. The number of alkyl carbamates (subject to hydrolysis) is 1. The van der Waals surface area contributed by atoms with Crippen molar-refractivity contribution in [1.82, 2.24) is 14.9 Å². The second kappa shape index (κ2) is 15.0. The molecular weight excluding hydrogens is 635 g/mol. The monoisotopic (exact) mass is 679 g/mol. The molecule has 2 aromatic carbocycles. The van der Waals surface area contributed by atoms with E-state index in [0.29, 0.717) is 37.9 Å². The van der Waals surface area contributed by atoms with E-state index in [1.165, 1.54) is 23.5 Å². The number of carbonyl (C=O) groups is 2. The number of amides is 1. The summed E-state index contributed by atoms with van der Waals surface area (Å²) in [6.07, 6.45) is 0.926. The number of piperazine rings is 1. The molecule has 2 N–H and O–H groups in total. The highest BCUT2D eigenvalue weighted by atomic mass is 32.2. The summed E-state index contributed by atoms with van der Waals surface area (Å²) >= 11 is 0. The fraction of sp³-hybridized carbons (Fsp3) is 0.588. The fourth-order valence-corrected chi connectivity index (χ4v) is 9.47. The molecule has 2 bridgehead atoms. The zero-order valence-electron chi connectivity index (χ0n) is 27.0. The number of nitrogens with one attached hydrogen (secondary N) is 2. The van der Waals surface area contributed by atoms with Crippen molar-refractivity contribution in [2.75, 3.05) is 26.0 Å². The number of sulfonamides is 1. The molecule has 3 fully saturated rings. The van der Waals surface area contributed by atoms with Gasteiger partial charge in [-0.1, -0.05) is 12.1 Å². The van der Waals surface area contributed by atoms with Gasteiger partial charge in [0.05, 0.1) is 31.1 Å². The van der Waals surface area contributed by atoms with Crippen molar-refractivity contribution in [2.45, 2.75) is 95.0 Å². The molecule has 3 saturated heterocycles. The minimum atomic E-state index is -3.49. The van der Waals surface area contributed by atoms with Gasteiger partial charge in [-0.15, -0.1) is 0 Å². The van der Waals surface area contributed by atoms with Gasteiger partial charge in [-0.05, 0) is 93.7 Å². The van der Waals surface area contributed by atoms with E-state index < -0.39 is 63.8 Å². The van der Waals surface area contributed by atoms with Crippen LogP contribution in [0.1, 0.15) is 68.6 Å². The molecule has 2 unspecified atom stereocenters. The molecule has 2 aromatic rings. The van der Waals surface area contributed by atoms with Crippen LogP contribution >= 0.6 is 0 Å². The van der Waals surface area contributed by atoms with Crippen LogP contribution in [0.4, 0.5) is 18.0 Å². The van der Waals surface area contributed by atoms with Gasteiger partial charge >= 0.3 is 6.09 Å². The highest BCUT2D eigenvalue weighted by molar-refractivity contribution is 7.89. The van der Waals surface area contributed by atoms with Crippen molar-refractivity contribution in [1.29, 1.82) is 0 Å². The number of ether oxygens (including phenoxy) is 2. The zero-order valence-corrected chi connectivity index (χ0v) is 27.8. The lowest BCUT2D eigenvalue weighted by molar-refractivity contribution is -0.122. The zero-order chi connectivity index (χ0) is 33.9. The Bertz CT molecular complexity index is 1530. The molecule has 0 saturated carbocycles. The van der Waals surface area contributed by atoms with Gasteiger partial charge in [-0.2, -0.15) is 4.31 Å². The van der Waals surface area contributed by atoms with E-state index in [9.17, 15) is 22.4 Å². The molecule has 13 heteroatoms. The van der Waals surface area contributed by atoms with Crippen LogP contribution in [0.5, 0.6) is 0 Å². The van der Waals surface area contributed by atoms with Gasteiger partial charge in [0.15, 0.2) is 5.78 Å². The van der Waals surface area contributed by atoms with E-state index in [1.807, 2.05) is 13.8 Å². The summed E-state index contributed by atoms with van der Waals surface area (Å²) in [5.41, 5.74) is 0.462. The third-order valence-corrected chi connectivity index (χ3v) is 11.8. The minimum Gasteiger partial charge on any atom is -0.453 e. The number of hydrogen-bond acceptors (Lipinski definition) is 7. The van der Waals surface area contributed by atoms with Crippen molar-refractivity contribution in [3.05, 3.63) is 70.5 Å². The lowest BCUT2D eigenvalue weighted by Crippen LogP contribution is -2.57. The molecule has 0 aliphatic carbocycles. The molecular formula is C34H44F3N3O6S. The number of Topliss-reactive ketones (excluding diaryl/α,β-unsaturated/α-hetero) is 1. The standard InChI is InChI=1S/C34H44F3N3O6S/c1-20-15-23(16-21(2)46-20)32(22-6-8-24(35)9-7-22)33(39-34(42)45-3)31(41)17-28-27(29(36)12-13-30(28)37)11-10-26-18-38-25-5-4-14-47(43,44)40(26)19-25/h6-9,12-13,20-21,23,25-26,32-33,38H,4-5,10-11,14-19H2,1-3H3,(H,39,42)/t20-,21+,23?,25-,26+,32+,33-/m1/s1. The minimum absolute atomic E-state index is 0.000715. The summed E-state index contributed by atoms with van der Waals surface area (Å²) < 4.78 is 83.2. The molecule has 5 rings (SSSR count). The summed E-state index contributed by atoms with van der Waals surface area (Å²) in [7, 11) is -2.32. The Morgan fingerprint density at radius 3 is 2.36 bits per heavy atom. The fourth-order valence-electron chi connectivity index (χ4n) is 7.67. The lowest BCUT2D eigenvalue weighted by atomic mass is 9.72. The van der Waals surface area contributed by atoms with Crippen LogP contribution in [0.3, 0.4) is 0 Å². The van der Waals surface area contributed by atoms with Crippen molar-refractivity contribution in [3.63, 3.8) is 0 Å². The summed E-state index contributed by atoms with van der Waals surface area (Å²) in [4.78, 5) is 26.9. The summed E-state index contributed by atoms with van der Waals surface area (Å²) in [5.74, 6) is -3.29. The highest BCUT2D eigenvalue weighted by Crippen LogP contribution is 2.40. The smallest absolute Gasteiger partial charge is 0.407 e. The summed E-state index contributed by atoms with van der Waals surface area (Å²) in [5, 5.41) is 6.04. The molecule has 3 aliphatic heterocycles. The van der Waals surface area contributed by atoms with Gasteiger partial charge in [0.25, 0.3) is 0 Å². The van der Waals surface area contributed by atoms with Crippen molar-refractivity contribution in [2.24, 2.45) is 5.92 Å². The Hall–Kier alpha value is -3.00. The van der Waals surface area contributed by atoms with Gasteiger partial charge in [-0.25, -0.2) is 26.4 Å². The SMILES string of the molecule is COC(=O)N[C@H](C(=O)Cc1c(F)ccc(F)c1CC[C@H]1CN[C@@H]2CCCS(=O)(=O)N1C2)[C@@H](c1ccc(F)cc1)C1C[C@@H](C)O[C@@H](C)C1. The molecule has 1 amide bonds. The number of benzene rings is 2. The second-order valence-electron chi connectivity index (χ2n) is 13.1. The molecule has 9 nitrogen and oxygen atoms in total. The van der Waals surface area contributed by atoms with Crippen LogP contribution in [0.15, 0.2) is 36.4 Å². The van der Waals surface area contributed by atoms with E-state index in [-0.39, 0.29) is 53.9 Å². The first-order valence-electron chi connectivity index (χ1n) is 16.3. The number of hydrogen-bond donors (Lipinski definition) is 2. The molecule has 47 heavy (non-hydrogen) atoms. The molecule has 0 radical (unpaired) electrons. The topological polar surface area (TPSA) is 114 Å². The van der Waals surface area contributed by atoms with Crippen LogP contribution in [0.25, 0.3) is 0 Å². The van der Waals surface area contributed by atoms with Gasteiger partial charge in [0.2, 0.25) is 10.0 Å². The van der Waals surface area contributed by atoms with Crippen LogP contribution in [0, 0.1) is 23.4 Å². The van der Waals surface area contributed by atoms with Crippen LogP contribution < -0.4 is 10.6 Å². The Labute approximate surface area is 274 Å². The molecule has 3 aliphatic rings. The highest BCUT2D eigenvalue weighted by Gasteiger charge is 2.41. The Morgan fingerprint density at radius 1 is 1.04 bits per heavy atom. The van der Waals surface area contributed by atoms with Crippen molar-refractivity contribution >= 4 is 21.9 Å². The van der Waals surface area contributed by atoms with Crippen LogP contribution in [-0.4, -0.2) is 80.9 Å². The van der Waals surface area contributed by atoms with E-state index >= 15 is 8.78 Å². The van der Waals surface area contributed by atoms with Gasteiger partial charge < -0.3 is 20.1 Å². The maximum absolute atomic E-state index is 15.5. The number of nitrogens with zero attached hydrogens (tertiary/aromatic N) is 1. The molecule has 0 spiro atoms. The molecule has 0 aromatic heterocycles. The Kier molecular flexibility index (Phi) is 11.3. The Morgan fingerprint density at radius 2 is 1.70 bits per heavy atom. The summed E-state index contributed by atoms with van der Waals surface area (Å²) in [6, 6.07) is 6.06. The lowest BCUT2D eigenvalue weighted by Gasteiger charge is -2.40. The van der Waals surface area contributed by atoms with Gasteiger partial charge in [0.1, 0.15) is 17.5 Å². The first-order valence-corrected chi connectivity index (χ1v) is 17.9. The largest absolute Gasteiger partial charge is 0.453 e. The van der Waals surface area contributed by atoms with E-state index in [1.54, 1.807) is 12.1 Å². The van der Waals surface area contributed by atoms with E-state index in [4.69, 9.17) is 9.47 Å². The van der Waals surface area contributed by atoms with Gasteiger partial charge in [0, 0.05) is 43.1 Å². The average Bonchev–Trinajstić information content (AvgIpc) is 3.14. The quantitative estimate of drug-likeness (QED) is 0.377. The predicted octanol–water partition coefficient (Wildman–Crippen LogP) is 4.63. The predicted molar refractivity (Wildman–Crippen MR) is 170 cm³/mol. The number of halogens is 3. The van der Waals surface area contributed by atoms with Gasteiger partial charge in [-0.3, -0.25) is 4.79 Å². The maximum Gasteiger partial charge on any atom is 0.407 e. The molecule has 8 atom stereocenters. The number of fused-ring (bicyclic) bond motifs is 2. The number of methoxy groups -OCH3 is 1. The van der Waals surface area contributed by atoms with Crippen molar-refractivity contribution < 1.29 is 40.7 Å². The molecule has 3 heterocycles. The van der Waals surface area contributed by atoms with E-state index in [2.05, 4.69) is 10.6 Å².